The molecule has 4 nitrogen and oxygen atoms in total. The summed E-state index contributed by atoms with van der Waals surface area (Å²) in [6, 6.07) is 0.356. The minimum absolute atomic E-state index is 0. The third kappa shape index (κ3) is 5.14. The van der Waals surface area contributed by atoms with Crippen molar-refractivity contribution in [2.24, 2.45) is 0 Å². The van der Waals surface area contributed by atoms with Crippen molar-refractivity contribution >= 4 is 30.1 Å². The SMILES string of the molecule is CCC1CN(C(=O)CC2CSCCN2)CC(C)O1.Cl. The molecule has 2 saturated heterocycles. The lowest BCUT2D eigenvalue weighted by molar-refractivity contribution is -0.144. The maximum atomic E-state index is 12.3. The molecule has 0 aromatic rings. The van der Waals surface area contributed by atoms with Gasteiger partial charge in [0.05, 0.1) is 12.2 Å². The molecule has 0 spiro atoms. The van der Waals surface area contributed by atoms with Gasteiger partial charge >= 0.3 is 0 Å². The van der Waals surface area contributed by atoms with Gasteiger partial charge in [-0.05, 0) is 13.3 Å². The van der Waals surface area contributed by atoms with Gasteiger partial charge in [0, 0.05) is 43.6 Å². The number of halogens is 1. The second-order valence-electron chi connectivity index (χ2n) is 5.21. The quantitative estimate of drug-likeness (QED) is 0.858. The second-order valence-corrected chi connectivity index (χ2v) is 6.36. The monoisotopic (exact) mass is 308 g/mol. The molecule has 3 atom stereocenters. The van der Waals surface area contributed by atoms with Crippen molar-refractivity contribution in [3.05, 3.63) is 0 Å². The van der Waals surface area contributed by atoms with Gasteiger partial charge in [0.25, 0.3) is 0 Å². The van der Waals surface area contributed by atoms with Gasteiger partial charge in [-0.25, -0.2) is 0 Å². The van der Waals surface area contributed by atoms with Crippen LogP contribution >= 0.6 is 24.2 Å². The van der Waals surface area contributed by atoms with E-state index in [0.29, 0.717) is 12.5 Å². The van der Waals surface area contributed by atoms with Crippen molar-refractivity contribution in [2.75, 3.05) is 31.1 Å². The summed E-state index contributed by atoms with van der Waals surface area (Å²) in [5, 5.41) is 3.43. The summed E-state index contributed by atoms with van der Waals surface area (Å²) in [5.74, 6) is 2.50. The van der Waals surface area contributed by atoms with Crippen LogP contribution in [0.25, 0.3) is 0 Å². The van der Waals surface area contributed by atoms with Gasteiger partial charge in [0.2, 0.25) is 5.91 Å². The Balaban J connectivity index is 0.00000180. The Morgan fingerprint density at radius 1 is 1.47 bits per heavy atom. The first-order valence-corrected chi connectivity index (χ1v) is 8.09. The maximum Gasteiger partial charge on any atom is 0.224 e. The van der Waals surface area contributed by atoms with E-state index in [4.69, 9.17) is 4.74 Å². The molecular weight excluding hydrogens is 284 g/mol. The molecule has 1 N–H and O–H groups in total. The van der Waals surface area contributed by atoms with Gasteiger partial charge in [-0.1, -0.05) is 6.92 Å². The van der Waals surface area contributed by atoms with Crippen LogP contribution in [0.2, 0.25) is 0 Å². The molecular formula is C13H25ClN2O2S. The number of ether oxygens (including phenoxy) is 1. The molecule has 2 rings (SSSR count). The maximum absolute atomic E-state index is 12.3. The van der Waals surface area contributed by atoms with Crippen molar-refractivity contribution in [1.82, 2.24) is 10.2 Å². The van der Waals surface area contributed by atoms with E-state index in [9.17, 15) is 4.79 Å². The summed E-state index contributed by atoms with van der Waals surface area (Å²) in [6.45, 7) is 6.70. The van der Waals surface area contributed by atoms with Gasteiger partial charge in [-0.3, -0.25) is 4.79 Å². The minimum atomic E-state index is 0. The molecule has 0 bridgehead atoms. The number of thioether (sulfide) groups is 1. The second kappa shape index (κ2) is 8.35. The van der Waals surface area contributed by atoms with E-state index in [1.165, 1.54) is 0 Å². The summed E-state index contributed by atoms with van der Waals surface area (Å²) >= 11 is 1.94. The highest BCUT2D eigenvalue weighted by Crippen LogP contribution is 2.16. The van der Waals surface area contributed by atoms with Gasteiger partial charge < -0.3 is 15.0 Å². The number of amides is 1. The highest BCUT2D eigenvalue weighted by molar-refractivity contribution is 7.99. The highest BCUT2D eigenvalue weighted by Gasteiger charge is 2.28. The van der Waals surface area contributed by atoms with Crippen molar-refractivity contribution < 1.29 is 9.53 Å². The molecule has 2 fully saturated rings. The fourth-order valence-corrected chi connectivity index (χ4v) is 3.51. The lowest BCUT2D eigenvalue weighted by Gasteiger charge is -2.37. The van der Waals surface area contributed by atoms with Crippen LogP contribution < -0.4 is 5.32 Å². The van der Waals surface area contributed by atoms with Crippen LogP contribution in [-0.4, -0.2) is 60.2 Å². The molecule has 19 heavy (non-hydrogen) atoms. The molecule has 1 amide bonds. The van der Waals surface area contributed by atoms with E-state index in [2.05, 4.69) is 19.2 Å². The van der Waals surface area contributed by atoms with Crippen molar-refractivity contribution in [3.8, 4) is 0 Å². The molecule has 0 aromatic carbocycles. The first-order chi connectivity index (χ1) is 8.69. The molecule has 0 radical (unpaired) electrons. The molecule has 0 aromatic heterocycles. The number of nitrogens with one attached hydrogen (secondary N) is 1. The molecule has 2 aliphatic heterocycles. The van der Waals surface area contributed by atoms with E-state index >= 15 is 0 Å². The van der Waals surface area contributed by atoms with Crippen LogP contribution in [0.4, 0.5) is 0 Å². The topological polar surface area (TPSA) is 41.6 Å². The molecule has 0 saturated carbocycles. The molecule has 2 aliphatic rings. The Kier molecular flexibility index (Phi) is 7.50. The number of hydrogen-bond acceptors (Lipinski definition) is 4. The van der Waals surface area contributed by atoms with Crippen molar-refractivity contribution in [1.29, 1.82) is 0 Å². The van der Waals surface area contributed by atoms with E-state index in [-0.39, 0.29) is 30.5 Å². The van der Waals surface area contributed by atoms with Gasteiger partial charge in [-0.2, -0.15) is 11.8 Å². The van der Waals surface area contributed by atoms with Gasteiger partial charge in [-0.15, -0.1) is 12.4 Å². The molecule has 2 heterocycles. The fraction of sp³-hybridized carbons (Fsp3) is 0.923. The number of carbonyl (C=O) groups excluding carboxylic acids is 1. The highest BCUT2D eigenvalue weighted by atomic mass is 35.5. The summed E-state index contributed by atoms with van der Waals surface area (Å²) in [5.41, 5.74) is 0. The number of hydrogen-bond donors (Lipinski definition) is 1. The van der Waals surface area contributed by atoms with Crippen molar-refractivity contribution in [3.63, 3.8) is 0 Å². The van der Waals surface area contributed by atoms with Crippen LogP contribution in [0.5, 0.6) is 0 Å². The normalized spacial score (nSPS) is 31.7. The van der Waals surface area contributed by atoms with E-state index in [0.717, 1.165) is 37.6 Å². The zero-order valence-corrected chi connectivity index (χ0v) is 13.4. The largest absolute Gasteiger partial charge is 0.372 e. The zero-order valence-electron chi connectivity index (χ0n) is 11.8. The molecule has 3 unspecified atom stereocenters. The average Bonchev–Trinajstić information content (AvgIpc) is 2.39. The number of rotatable bonds is 3. The van der Waals surface area contributed by atoms with Crippen LogP contribution in [0.1, 0.15) is 26.7 Å². The van der Waals surface area contributed by atoms with E-state index in [1.54, 1.807) is 0 Å². The van der Waals surface area contributed by atoms with Gasteiger partial charge in [0.15, 0.2) is 0 Å². The third-order valence-electron chi connectivity index (χ3n) is 3.55. The number of carbonyl (C=O) groups is 1. The lowest BCUT2D eigenvalue weighted by atomic mass is 10.1. The number of nitrogens with zero attached hydrogens (tertiary/aromatic N) is 1. The smallest absolute Gasteiger partial charge is 0.224 e. The van der Waals surface area contributed by atoms with E-state index in [1.807, 2.05) is 16.7 Å². The summed E-state index contributed by atoms with van der Waals surface area (Å²) in [4.78, 5) is 14.3. The number of morpholine rings is 1. The molecule has 6 heteroatoms. The molecule has 112 valence electrons. The minimum Gasteiger partial charge on any atom is -0.372 e. The van der Waals surface area contributed by atoms with Crippen molar-refractivity contribution in [2.45, 2.75) is 44.9 Å². The summed E-state index contributed by atoms with van der Waals surface area (Å²) in [6.07, 6.45) is 2.00. The summed E-state index contributed by atoms with van der Waals surface area (Å²) in [7, 11) is 0. The predicted octanol–water partition coefficient (Wildman–Crippen LogP) is 1.53. The zero-order chi connectivity index (χ0) is 13.0. The van der Waals surface area contributed by atoms with Crippen LogP contribution in [0.3, 0.4) is 0 Å². The third-order valence-corrected chi connectivity index (χ3v) is 4.68. The summed E-state index contributed by atoms with van der Waals surface area (Å²) < 4.78 is 5.79. The predicted molar refractivity (Wildman–Crippen MR) is 82.2 cm³/mol. The Bertz CT molecular complexity index is 288. The Hall–Kier alpha value is 0.0300. The first-order valence-electron chi connectivity index (χ1n) is 6.93. The average molecular weight is 309 g/mol. The Labute approximate surface area is 126 Å². The Morgan fingerprint density at radius 3 is 2.89 bits per heavy atom. The molecule has 0 aliphatic carbocycles. The van der Waals surface area contributed by atoms with E-state index < -0.39 is 0 Å². The fourth-order valence-electron chi connectivity index (χ4n) is 2.56. The van der Waals surface area contributed by atoms with Crippen LogP contribution in [0.15, 0.2) is 0 Å². The Morgan fingerprint density at radius 2 is 2.26 bits per heavy atom. The van der Waals surface area contributed by atoms with Crippen LogP contribution in [-0.2, 0) is 9.53 Å². The standard InChI is InChI=1S/C13H24N2O2S.ClH/c1-3-12-8-15(7-10(2)17-12)13(16)6-11-9-18-5-4-14-11;/h10-12,14H,3-9H2,1-2H3;1H. The first kappa shape index (κ1) is 17.1. The van der Waals surface area contributed by atoms with Gasteiger partial charge in [0.1, 0.15) is 0 Å². The lowest BCUT2D eigenvalue weighted by Crippen LogP contribution is -2.51. The van der Waals surface area contributed by atoms with Crippen LogP contribution in [0, 0.1) is 0 Å².